The van der Waals surface area contributed by atoms with Gasteiger partial charge in [0.05, 0.1) is 11.4 Å². The van der Waals surface area contributed by atoms with Crippen LogP contribution in [0.1, 0.15) is 50.9 Å². The van der Waals surface area contributed by atoms with Crippen LogP contribution in [0.2, 0.25) is 0 Å². The van der Waals surface area contributed by atoms with Crippen LogP contribution >= 0.6 is 0 Å². The van der Waals surface area contributed by atoms with Crippen LogP contribution in [0.3, 0.4) is 0 Å². The number of carbonyl (C=O) groups excluding carboxylic acids is 1. The van der Waals surface area contributed by atoms with Crippen LogP contribution in [0.15, 0.2) is 24.3 Å². The van der Waals surface area contributed by atoms with Gasteiger partial charge in [-0.1, -0.05) is 27.7 Å². The molecule has 1 aromatic rings. The van der Waals surface area contributed by atoms with Crippen LogP contribution in [0.4, 0.5) is 5.69 Å². The van der Waals surface area contributed by atoms with Gasteiger partial charge in [0.2, 0.25) is 10.0 Å². The number of amides is 1. The summed E-state index contributed by atoms with van der Waals surface area (Å²) < 4.78 is 25.7. The first kappa shape index (κ1) is 18.8. The molecule has 0 spiro atoms. The fourth-order valence-corrected chi connectivity index (χ4v) is 4.84. The van der Waals surface area contributed by atoms with Gasteiger partial charge in [-0.05, 0) is 48.9 Å². The van der Waals surface area contributed by atoms with Gasteiger partial charge >= 0.3 is 0 Å². The predicted octanol–water partition coefficient (Wildman–Crippen LogP) is 3.03. The summed E-state index contributed by atoms with van der Waals surface area (Å²) in [5, 5.41) is 3.08. The van der Waals surface area contributed by atoms with Crippen molar-refractivity contribution >= 4 is 21.6 Å². The van der Waals surface area contributed by atoms with Crippen molar-refractivity contribution in [3.8, 4) is 0 Å². The third-order valence-electron chi connectivity index (χ3n) is 4.50. The van der Waals surface area contributed by atoms with Crippen LogP contribution in [-0.4, -0.2) is 32.7 Å². The molecule has 0 radical (unpaired) electrons. The average Bonchev–Trinajstić information content (AvgIpc) is 2.51. The van der Waals surface area contributed by atoms with E-state index in [-0.39, 0.29) is 17.7 Å². The maximum atomic E-state index is 12.4. The van der Waals surface area contributed by atoms with Crippen molar-refractivity contribution in [2.45, 2.75) is 46.6 Å². The number of nitrogens with zero attached hydrogens (tertiary/aromatic N) is 1. The molecule has 0 bridgehead atoms. The second-order valence-electron chi connectivity index (χ2n) is 7.13. The fraction of sp³-hybridized carbons (Fsp3) is 0.611. The highest BCUT2D eigenvalue weighted by atomic mass is 32.2. The van der Waals surface area contributed by atoms with Crippen molar-refractivity contribution in [3.05, 3.63) is 29.8 Å². The largest absolute Gasteiger partial charge is 0.349 e. The highest BCUT2D eigenvalue weighted by molar-refractivity contribution is 7.92. The first-order valence-electron chi connectivity index (χ1n) is 8.63. The molecule has 1 aromatic carbocycles. The molecule has 1 aliphatic heterocycles. The third-order valence-corrected chi connectivity index (χ3v) is 6.37. The predicted molar refractivity (Wildman–Crippen MR) is 97.7 cm³/mol. The number of hydrogen-bond donors (Lipinski definition) is 1. The van der Waals surface area contributed by atoms with Crippen LogP contribution in [0, 0.1) is 11.8 Å². The minimum absolute atomic E-state index is 0.111. The molecule has 0 atom stereocenters. The summed E-state index contributed by atoms with van der Waals surface area (Å²) in [5.41, 5.74) is 1.19. The van der Waals surface area contributed by atoms with Gasteiger partial charge in [-0.15, -0.1) is 0 Å². The Kier molecular flexibility index (Phi) is 5.91. The van der Waals surface area contributed by atoms with Crippen LogP contribution in [-0.2, 0) is 10.0 Å². The zero-order valence-corrected chi connectivity index (χ0v) is 15.8. The summed E-state index contributed by atoms with van der Waals surface area (Å²) in [4.78, 5) is 12.4. The van der Waals surface area contributed by atoms with Crippen molar-refractivity contribution < 1.29 is 13.2 Å². The van der Waals surface area contributed by atoms with Crippen molar-refractivity contribution in [1.29, 1.82) is 0 Å². The molecule has 6 heteroatoms. The van der Waals surface area contributed by atoms with Gasteiger partial charge in [-0.3, -0.25) is 9.10 Å². The van der Waals surface area contributed by atoms with Gasteiger partial charge in [-0.2, -0.15) is 0 Å². The molecule has 0 unspecified atom stereocenters. The Morgan fingerprint density at radius 1 is 1.04 bits per heavy atom. The highest BCUT2D eigenvalue weighted by Crippen LogP contribution is 2.24. The molecule has 1 aliphatic rings. The first-order chi connectivity index (χ1) is 11.2. The van der Waals surface area contributed by atoms with Gasteiger partial charge < -0.3 is 5.32 Å². The van der Waals surface area contributed by atoms with Crippen molar-refractivity contribution in [2.75, 3.05) is 16.6 Å². The Bertz CT molecular complexity index is 658. The number of rotatable bonds is 5. The Labute approximate surface area is 145 Å². The van der Waals surface area contributed by atoms with Crippen molar-refractivity contribution in [2.24, 2.45) is 11.8 Å². The van der Waals surface area contributed by atoms with E-state index in [4.69, 9.17) is 0 Å². The summed E-state index contributed by atoms with van der Waals surface area (Å²) in [6, 6.07) is 6.95. The molecular weight excluding hydrogens is 324 g/mol. The lowest BCUT2D eigenvalue weighted by molar-refractivity contribution is 0.0910. The molecular formula is C18H28N2O3S. The molecule has 1 N–H and O–H groups in total. The summed E-state index contributed by atoms with van der Waals surface area (Å²) in [5.74, 6) is 0.786. The van der Waals surface area contributed by atoms with E-state index in [1.807, 2.05) is 0 Å². The van der Waals surface area contributed by atoms with Crippen LogP contribution in [0.25, 0.3) is 0 Å². The third kappa shape index (κ3) is 4.29. The molecule has 1 saturated heterocycles. The van der Waals surface area contributed by atoms with E-state index < -0.39 is 10.0 Å². The lowest BCUT2D eigenvalue weighted by Crippen LogP contribution is -2.42. The lowest BCUT2D eigenvalue weighted by Gasteiger charge is -2.28. The SMILES string of the molecule is CC(C)C(NC(=O)c1ccc(N2CCCCS2(=O)=O)cc1)C(C)C. The molecule has 1 fully saturated rings. The molecule has 2 rings (SSSR count). The van der Waals surface area contributed by atoms with E-state index in [1.54, 1.807) is 24.3 Å². The van der Waals surface area contributed by atoms with E-state index in [2.05, 4.69) is 33.0 Å². The molecule has 0 saturated carbocycles. The highest BCUT2D eigenvalue weighted by Gasteiger charge is 2.26. The monoisotopic (exact) mass is 352 g/mol. The maximum Gasteiger partial charge on any atom is 0.251 e. The number of hydrogen-bond acceptors (Lipinski definition) is 3. The normalized spacial score (nSPS) is 17.5. The molecule has 134 valence electrons. The van der Waals surface area contributed by atoms with E-state index >= 15 is 0 Å². The van der Waals surface area contributed by atoms with Crippen molar-refractivity contribution in [1.82, 2.24) is 5.32 Å². The Hall–Kier alpha value is -1.56. The topological polar surface area (TPSA) is 66.5 Å². The van der Waals surface area contributed by atoms with E-state index in [0.717, 1.165) is 6.42 Å². The maximum absolute atomic E-state index is 12.4. The molecule has 0 aliphatic carbocycles. The minimum Gasteiger partial charge on any atom is -0.349 e. The first-order valence-corrected chi connectivity index (χ1v) is 10.2. The van der Waals surface area contributed by atoms with E-state index in [1.165, 1.54) is 4.31 Å². The molecule has 24 heavy (non-hydrogen) atoms. The number of carbonyl (C=O) groups is 1. The second-order valence-corrected chi connectivity index (χ2v) is 9.14. The zero-order chi connectivity index (χ0) is 17.9. The number of anilines is 1. The number of sulfonamides is 1. The lowest BCUT2D eigenvalue weighted by atomic mass is 9.93. The zero-order valence-electron chi connectivity index (χ0n) is 15.0. The minimum atomic E-state index is -3.22. The van der Waals surface area contributed by atoms with Gasteiger partial charge in [0.25, 0.3) is 5.91 Å². The number of nitrogens with one attached hydrogen (secondary N) is 1. The summed E-state index contributed by atoms with van der Waals surface area (Å²) in [6.45, 7) is 8.88. The Balaban J connectivity index is 2.13. The van der Waals surface area contributed by atoms with E-state index in [0.29, 0.717) is 36.1 Å². The molecule has 5 nitrogen and oxygen atoms in total. The average molecular weight is 353 g/mol. The number of benzene rings is 1. The van der Waals surface area contributed by atoms with Crippen LogP contribution < -0.4 is 9.62 Å². The van der Waals surface area contributed by atoms with Gasteiger partial charge in [0, 0.05) is 18.2 Å². The Morgan fingerprint density at radius 2 is 1.62 bits per heavy atom. The van der Waals surface area contributed by atoms with Gasteiger partial charge in [-0.25, -0.2) is 8.42 Å². The van der Waals surface area contributed by atoms with Crippen LogP contribution in [0.5, 0.6) is 0 Å². The molecule has 1 heterocycles. The summed E-state index contributed by atoms with van der Waals surface area (Å²) in [6.07, 6.45) is 1.58. The molecule has 1 amide bonds. The van der Waals surface area contributed by atoms with E-state index in [9.17, 15) is 13.2 Å². The quantitative estimate of drug-likeness (QED) is 0.886. The standard InChI is InChI=1S/C18H28N2O3S/c1-13(2)17(14(3)4)19-18(21)15-7-9-16(10-8-15)20-11-5-6-12-24(20,22)23/h7-10,13-14,17H,5-6,11-12H2,1-4H3,(H,19,21). The van der Waals surface area contributed by atoms with Gasteiger partial charge in [0.1, 0.15) is 0 Å². The molecule has 0 aromatic heterocycles. The Morgan fingerprint density at radius 3 is 2.12 bits per heavy atom. The summed E-state index contributed by atoms with van der Waals surface area (Å²) >= 11 is 0. The smallest absolute Gasteiger partial charge is 0.251 e. The van der Waals surface area contributed by atoms with Gasteiger partial charge in [0.15, 0.2) is 0 Å². The fourth-order valence-electron chi connectivity index (χ4n) is 3.20. The van der Waals surface area contributed by atoms with Crippen molar-refractivity contribution in [3.63, 3.8) is 0 Å². The second kappa shape index (κ2) is 7.55. The summed E-state index contributed by atoms with van der Waals surface area (Å²) in [7, 11) is -3.22.